The molecular formula is C10H21N3. The Hall–Kier alpha value is -0.860. The van der Waals surface area contributed by atoms with Crippen LogP contribution in [0, 0.1) is 6.92 Å². The van der Waals surface area contributed by atoms with Crippen LogP contribution in [0.4, 0.5) is 0 Å². The van der Waals surface area contributed by atoms with Gasteiger partial charge in [-0.2, -0.15) is 5.10 Å². The summed E-state index contributed by atoms with van der Waals surface area (Å²) in [7, 11) is 0. The van der Waals surface area contributed by atoms with Crippen molar-refractivity contribution < 1.29 is 0 Å². The number of aromatic nitrogens is 3. The van der Waals surface area contributed by atoms with Crippen molar-refractivity contribution in [3.8, 4) is 0 Å². The Morgan fingerprint density at radius 2 is 2.00 bits per heavy atom. The van der Waals surface area contributed by atoms with Crippen LogP contribution in [0.15, 0.2) is 6.33 Å². The van der Waals surface area contributed by atoms with Gasteiger partial charge in [-0.25, -0.2) is 4.98 Å². The van der Waals surface area contributed by atoms with Crippen LogP contribution in [0.25, 0.3) is 0 Å². The Morgan fingerprint density at radius 3 is 2.46 bits per heavy atom. The third-order valence-electron chi connectivity index (χ3n) is 1.78. The van der Waals surface area contributed by atoms with E-state index in [1.165, 1.54) is 19.3 Å². The fourth-order valence-electron chi connectivity index (χ4n) is 1.05. The van der Waals surface area contributed by atoms with E-state index in [4.69, 9.17) is 0 Å². The molecule has 0 radical (unpaired) electrons. The van der Waals surface area contributed by atoms with Crippen molar-refractivity contribution in [3.05, 3.63) is 12.2 Å². The molecule has 0 bridgehead atoms. The second kappa shape index (κ2) is 7.77. The minimum atomic E-state index is 1.01. The molecule has 0 aliphatic rings. The number of aryl methyl sites for hydroxylation is 2. The van der Waals surface area contributed by atoms with E-state index in [0.29, 0.717) is 0 Å². The first-order chi connectivity index (χ1) is 6.34. The zero-order chi connectivity index (χ0) is 10.1. The van der Waals surface area contributed by atoms with E-state index >= 15 is 0 Å². The molecule has 0 atom stereocenters. The Kier molecular flexibility index (Phi) is 7.26. The summed E-state index contributed by atoms with van der Waals surface area (Å²) in [6.45, 7) is 9.20. The van der Waals surface area contributed by atoms with Crippen LogP contribution in [0.1, 0.15) is 45.9 Å². The lowest BCUT2D eigenvalue weighted by Crippen LogP contribution is -2.02. The molecule has 1 aromatic heterocycles. The largest absolute Gasteiger partial charge is 0.250 e. The minimum Gasteiger partial charge on any atom is -0.250 e. The van der Waals surface area contributed by atoms with E-state index in [-0.39, 0.29) is 0 Å². The van der Waals surface area contributed by atoms with E-state index in [1.807, 2.05) is 25.5 Å². The molecule has 0 N–H and O–H groups in total. The predicted molar refractivity (Wildman–Crippen MR) is 55.6 cm³/mol. The molecule has 3 nitrogen and oxygen atoms in total. The lowest BCUT2D eigenvalue weighted by molar-refractivity contribution is 0.540. The monoisotopic (exact) mass is 183 g/mol. The Labute approximate surface area is 81.2 Å². The SMILES string of the molecule is CC.CCCCCn1ncnc1C. The van der Waals surface area contributed by atoms with Crippen LogP contribution < -0.4 is 0 Å². The van der Waals surface area contributed by atoms with Gasteiger partial charge in [-0.15, -0.1) is 0 Å². The number of hydrogen-bond donors (Lipinski definition) is 0. The molecular weight excluding hydrogens is 162 g/mol. The second-order valence-corrected chi connectivity index (χ2v) is 2.74. The van der Waals surface area contributed by atoms with Crippen molar-refractivity contribution in [2.45, 2.75) is 53.5 Å². The van der Waals surface area contributed by atoms with Gasteiger partial charge in [-0.3, -0.25) is 4.68 Å². The molecule has 0 amide bonds. The second-order valence-electron chi connectivity index (χ2n) is 2.74. The first-order valence-electron chi connectivity index (χ1n) is 5.19. The minimum absolute atomic E-state index is 1.01. The van der Waals surface area contributed by atoms with Crippen LogP contribution in [0.3, 0.4) is 0 Å². The lowest BCUT2D eigenvalue weighted by atomic mass is 10.2. The van der Waals surface area contributed by atoms with Crippen LogP contribution in [-0.2, 0) is 6.54 Å². The molecule has 0 aliphatic carbocycles. The summed E-state index contributed by atoms with van der Waals surface area (Å²) in [6.07, 6.45) is 5.36. The normalized spacial score (nSPS) is 9.23. The van der Waals surface area contributed by atoms with Crippen LogP contribution >= 0.6 is 0 Å². The number of unbranched alkanes of at least 4 members (excludes halogenated alkanes) is 2. The molecule has 0 spiro atoms. The van der Waals surface area contributed by atoms with Crippen molar-refractivity contribution in [2.24, 2.45) is 0 Å². The standard InChI is InChI=1S/C8H15N3.C2H6/c1-3-4-5-6-11-8(2)9-7-10-11;1-2/h7H,3-6H2,1-2H3;1-2H3. The molecule has 1 aromatic rings. The maximum atomic E-state index is 4.09. The molecule has 0 aromatic carbocycles. The quantitative estimate of drug-likeness (QED) is 0.672. The average molecular weight is 183 g/mol. The van der Waals surface area contributed by atoms with Gasteiger partial charge in [0.15, 0.2) is 0 Å². The van der Waals surface area contributed by atoms with Crippen LogP contribution in [0.5, 0.6) is 0 Å². The maximum absolute atomic E-state index is 4.09. The molecule has 76 valence electrons. The maximum Gasteiger partial charge on any atom is 0.138 e. The average Bonchev–Trinajstić information content (AvgIpc) is 2.56. The highest BCUT2D eigenvalue weighted by atomic mass is 15.3. The molecule has 0 aliphatic heterocycles. The fraction of sp³-hybridized carbons (Fsp3) is 0.800. The van der Waals surface area contributed by atoms with Gasteiger partial charge < -0.3 is 0 Å². The Bertz CT molecular complexity index is 206. The van der Waals surface area contributed by atoms with E-state index in [0.717, 1.165) is 12.4 Å². The van der Waals surface area contributed by atoms with E-state index in [9.17, 15) is 0 Å². The molecule has 13 heavy (non-hydrogen) atoms. The Balaban J connectivity index is 0.000000671. The predicted octanol–water partition coefficient (Wildman–Crippen LogP) is 2.80. The molecule has 1 rings (SSSR count). The van der Waals surface area contributed by atoms with Crippen molar-refractivity contribution >= 4 is 0 Å². The summed E-state index contributed by atoms with van der Waals surface area (Å²) in [5, 5.41) is 4.09. The third-order valence-corrected chi connectivity index (χ3v) is 1.78. The number of nitrogens with zero attached hydrogens (tertiary/aromatic N) is 3. The molecule has 1 heterocycles. The van der Waals surface area contributed by atoms with E-state index < -0.39 is 0 Å². The lowest BCUT2D eigenvalue weighted by Gasteiger charge is -2.00. The van der Waals surface area contributed by atoms with Gasteiger partial charge >= 0.3 is 0 Å². The smallest absolute Gasteiger partial charge is 0.138 e. The summed E-state index contributed by atoms with van der Waals surface area (Å²) in [5.74, 6) is 1.01. The molecule has 3 heteroatoms. The number of hydrogen-bond acceptors (Lipinski definition) is 2. The van der Waals surface area contributed by atoms with Gasteiger partial charge in [0.25, 0.3) is 0 Å². The van der Waals surface area contributed by atoms with E-state index in [1.54, 1.807) is 6.33 Å². The highest BCUT2D eigenvalue weighted by Crippen LogP contribution is 1.98. The summed E-state index contributed by atoms with van der Waals surface area (Å²) >= 11 is 0. The summed E-state index contributed by atoms with van der Waals surface area (Å²) in [5.41, 5.74) is 0. The van der Waals surface area contributed by atoms with Gasteiger partial charge in [0, 0.05) is 6.54 Å². The van der Waals surface area contributed by atoms with E-state index in [2.05, 4.69) is 17.0 Å². The van der Waals surface area contributed by atoms with Crippen molar-refractivity contribution in [3.63, 3.8) is 0 Å². The highest BCUT2D eigenvalue weighted by Gasteiger charge is 1.95. The molecule has 0 unspecified atom stereocenters. The van der Waals surface area contributed by atoms with Gasteiger partial charge in [0.1, 0.15) is 12.2 Å². The van der Waals surface area contributed by atoms with Gasteiger partial charge in [0.2, 0.25) is 0 Å². The van der Waals surface area contributed by atoms with Gasteiger partial charge in [0.05, 0.1) is 0 Å². The van der Waals surface area contributed by atoms with Crippen LogP contribution in [-0.4, -0.2) is 14.8 Å². The summed E-state index contributed by atoms with van der Waals surface area (Å²) in [4.78, 5) is 4.05. The van der Waals surface area contributed by atoms with Crippen molar-refractivity contribution in [1.29, 1.82) is 0 Å². The highest BCUT2D eigenvalue weighted by molar-refractivity contribution is 4.77. The van der Waals surface area contributed by atoms with Crippen molar-refractivity contribution in [2.75, 3.05) is 0 Å². The topological polar surface area (TPSA) is 30.7 Å². The molecule has 0 saturated heterocycles. The first kappa shape index (κ1) is 12.1. The zero-order valence-electron chi connectivity index (χ0n) is 9.25. The molecule has 0 saturated carbocycles. The third kappa shape index (κ3) is 4.65. The molecule has 0 fully saturated rings. The summed E-state index contributed by atoms with van der Waals surface area (Å²) < 4.78 is 1.95. The van der Waals surface area contributed by atoms with Gasteiger partial charge in [-0.05, 0) is 13.3 Å². The summed E-state index contributed by atoms with van der Waals surface area (Å²) in [6, 6.07) is 0. The zero-order valence-corrected chi connectivity index (χ0v) is 9.25. The number of rotatable bonds is 4. The van der Waals surface area contributed by atoms with Gasteiger partial charge in [-0.1, -0.05) is 33.6 Å². The fourth-order valence-corrected chi connectivity index (χ4v) is 1.05. The van der Waals surface area contributed by atoms with Crippen molar-refractivity contribution in [1.82, 2.24) is 14.8 Å². The van der Waals surface area contributed by atoms with Crippen LogP contribution in [0.2, 0.25) is 0 Å². The first-order valence-corrected chi connectivity index (χ1v) is 5.19. The Morgan fingerprint density at radius 1 is 1.31 bits per heavy atom.